The van der Waals surface area contributed by atoms with E-state index in [2.05, 4.69) is 20.7 Å². The summed E-state index contributed by atoms with van der Waals surface area (Å²) in [5.74, 6) is -3.69. The molecule has 32 heavy (non-hydrogen) atoms. The maximum atomic E-state index is 13.0. The third-order valence-corrected chi connectivity index (χ3v) is 7.15. The molecule has 0 amide bonds. The predicted octanol–water partition coefficient (Wildman–Crippen LogP) is 3.97. The second-order valence-corrected chi connectivity index (χ2v) is 9.29. The van der Waals surface area contributed by atoms with E-state index in [4.69, 9.17) is 4.74 Å². The van der Waals surface area contributed by atoms with Crippen molar-refractivity contribution in [2.45, 2.75) is 18.4 Å². The van der Waals surface area contributed by atoms with Crippen LogP contribution in [0.4, 0.5) is 0 Å². The molecule has 9 heteroatoms. The van der Waals surface area contributed by atoms with Gasteiger partial charge in [-0.15, -0.1) is 0 Å². The summed E-state index contributed by atoms with van der Waals surface area (Å²) in [7, 11) is -4.14. The number of sulfonamides is 1. The van der Waals surface area contributed by atoms with Crippen LogP contribution in [0.2, 0.25) is 0 Å². The second-order valence-electron chi connectivity index (χ2n) is 6.76. The molecule has 1 N–H and O–H groups in total. The number of carbonyl (C=O) groups excluding carboxylic acids is 2. The molecule has 0 heterocycles. The number of rotatable bonds is 8. The summed E-state index contributed by atoms with van der Waals surface area (Å²) >= 11 is 3.53. The second kappa shape index (κ2) is 10.0. The van der Waals surface area contributed by atoms with Gasteiger partial charge in [-0.2, -0.15) is 5.26 Å². The molecular weight excluding hydrogens is 496 g/mol. The third-order valence-electron chi connectivity index (χ3n) is 4.75. The number of halogens is 1. The Kier molecular flexibility index (Phi) is 7.40. The van der Waals surface area contributed by atoms with Gasteiger partial charge in [0.1, 0.15) is 0 Å². The van der Waals surface area contributed by atoms with Crippen LogP contribution in [0.1, 0.15) is 22.8 Å². The Bertz CT molecular complexity index is 1330. The van der Waals surface area contributed by atoms with Gasteiger partial charge in [-0.05, 0) is 51.3 Å². The average Bonchev–Trinajstić information content (AvgIpc) is 2.79. The highest BCUT2D eigenvalue weighted by atomic mass is 79.9. The Hall–Kier alpha value is -3.06. The molecule has 0 saturated heterocycles. The van der Waals surface area contributed by atoms with Crippen LogP contribution < -0.4 is 4.72 Å². The van der Waals surface area contributed by atoms with E-state index in [0.717, 1.165) is 15.2 Å². The summed E-state index contributed by atoms with van der Waals surface area (Å²) in [5, 5.41) is 11.2. The lowest BCUT2D eigenvalue weighted by Gasteiger charge is -2.14. The monoisotopic (exact) mass is 514 g/mol. The van der Waals surface area contributed by atoms with Gasteiger partial charge < -0.3 is 4.74 Å². The largest absolute Gasteiger partial charge is 0.465 e. The molecule has 0 aliphatic heterocycles. The summed E-state index contributed by atoms with van der Waals surface area (Å²) in [6.45, 7) is 1.51. The number of benzene rings is 3. The minimum Gasteiger partial charge on any atom is -0.465 e. The fraction of sp³-hybridized carbons (Fsp3) is 0.174. The summed E-state index contributed by atoms with van der Waals surface area (Å²) in [6, 6.07) is 18.4. The number of nitrogens with zero attached hydrogens (tertiary/aromatic N) is 1. The zero-order chi connectivity index (χ0) is 23.3. The molecule has 0 fully saturated rings. The van der Waals surface area contributed by atoms with Crippen LogP contribution in [0.5, 0.6) is 0 Å². The average molecular weight is 515 g/mol. The topological polar surface area (TPSA) is 113 Å². The molecule has 0 bridgehead atoms. The normalized spacial score (nSPS) is 12.2. The van der Waals surface area contributed by atoms with Crippen molar-refractivity contribution in [2.75, 3.05) is 6.61 Å². The highest BCUT2D eigenvalue weighted by Crippen LogP contribution is 2.28. The number of nitrogens with one attached hydrogen (secondary N) is 1. The van der Waals surface area contributed by atoms with Gasteiger partial charge >= 0.3 is 5.97 Å². The van der Waals surface area contributed by atoms with Crippen LogP contribution in [0.15, 0.2) is 70.0 Å². The summed E-state index contributed by atoms with van der Waals surface area (Å²) in [5.41, 5.74) is 0.453. The number of hydrogen-bond donors (Lipinski definition) is 1. The standard InChI is InChI=1S/C23H19BrN2O5S/c1-2-31-23(28)19(13-25)22(27)18-9-5-6-10-20(18)32(29,30)26-14-16-12-11-15-7-3-4-8-17(15)21(16)24/h3-12,19,26H,2,14H2,1H3. The molecule has 0 spiro atoms. The number of nitriles is 1. The number of carbonyl (C=O) groups is 2. The highest BCUT2D eigenvalue weighted by Gasteiger charge is 2.32. The van der Waals surface area contributed by atoms with Crippen LogP contribution in [0, 0.1) is 17.2 Å². The number of ketones is 1. The molecule has 1 unspecified atom stereocenters. The first-order valence-electron chi connectivity index (χ1n) is 9.65. The number of esters is 1. The van der Waals surface area contributed by atoms with E-state index >= 15 is 0 Å². The van der Waals surface area contributed by atoms with Gasteiger partial charge in [-0.25, -0.2) is 13.1 Å². The summed E-state index contributed by atoms with van der Waals surface area (Å²) < 4.78 is 34.1. The van der Waals surface area contributed by atoms with Crippen molar-refractivity contribution in [3.05, 3.63) is 76.3 Å². The summed E-state index contributed by atoms with van der Waals surface area (Å²) in [6.07, 6.45) is 0. The lowest BCUT2D eigenvalue weighted by molar-refractivity contribution is -0.144. The maximum absolute atomic E-state index is 13.0. The van der Waals surface area contributed by atoms with E-state index < -0.39 is 27.7 Å². The molecular formula is C23H19BrN2O5S. The molecule has 0 saturated carbocycles. The van der Waals surface area contributed by atoms with Gasteiger partial charge in [0.2, 0.25) is 15.9 Å². The molecule has 1 atom stereocenters. The van der Waals surface area contributed by atoms with Gasteiger partial charge in [0, 0.05) is 16.6 Å². The van der Waals surface area contributed by atoms with E-state index in [1.165, 1.54) is 24.3 Å². The molecule has 3 aromatic rings. The van der Waals surface area contributed by atoms with Crippen molar-refractivity contribution in [1.29, 1.82) is 5.26 Å². The van der Waals surface area contributed by atoms with Gasteiger partial charge in [0.25, 0.3) is 0 Å². The first-order chi connectivity index (χ1) is 15.3. The molecule has 3 rings (SSSR count). The molecule has 0 radical (unpaired) electrons. The SMILES string of the molecule is CCOC(=O)C(C#N)C(=O)c1ccccc1S(=O)(=O)NCc1ccc2ccccc2c1Br. The van der Waals surface area contributed by atoms with Crippen molar-refractivity contribution < 1.29 is 22.7 Å². The Morgan fingerprint density at radius 3 is 2.50 bits per heavy atom. The van der Waals surface area contributed by atoms with E-state index in [-0.39, 0.29) is 23.6 Å². The van der Waals surface area contributed by atoms with Gasteiger partial charge in [0.15, 0.2) is 5.78 Å². The fourth-order valence-corrected chi connectivity index (χ4v) is 5.02. The van der Waals surface area contributed by atoms with Crippen LogP contribution >= 0.6 is 15.9 Å². The maximum Gasteiger partial charge on any atom is 0.331 e. The third kappa shape index (κ3) is 4.88. The van der Waals surface area contributed by atoms with Gasteiger partial charge in [0.05, 0.1) is 17.6 Å². The zero-order valence-corrected chi connectivity index (χ0v) is 19.4. The Balaban J connectivity index is 1.90. The number of fused-ring (bicyclic) bond motifs is 1. The Labute approximate surface area is 194 Å². The molecule has 0 aliphatic carbocycles. The highest BCUT2D eigenvalue weighted by molar-refractivity contribution is 9.10. The minimum absolute atomic E-state index is 0.00751. The van der Waals surface area contributed by atoms with Crippen molar-refractivity contribution in [1.82, 2.24) is 4.72 Å². The van der Waals surface area contributed by atoms with Crippen LogP contribution in [-0.2, 0) is 26.1 Å². The quantitative estimate of drug-likeness (QED) is 0.276. The molecule has 7 nitrogen and oxygen atoms in total. The van der Waals surface area contributed by atoms with Crippen LogP contribution in [0.25, 0.3) is 10.8 Å². The van der Waals surface area contributed by atoms with Gasteiger partial charge in [-0.3, -0.25) is 9.59 Å². The molecule has 0 aliphatic rings. The molecule has 3 aromatic carbocycles. The van der Waals surface area contributed by atoms with E-state index in [1.54, 1.807) is 19.1 Å². The smallest absolute Gasteiger partial charge is 0.331 e. The fourth-order valence-electron chi connectivity index (χ4n) is 3.17. The first kappa shape index (κ1) is 23.6. The Morgan fingerprint density at radius 1 is 1.09 bits per heavy atom. The van der Waals surface area contributed by atoms with Crippen molar-refractivity contribution in [2.24, 2.45) is 5.92 Å². The lowest BCUT2D eigenvalue weighted by Crippen LogP contribution is -2.29. The Morgan fingerprint density at radius 2 is 1.78 bits per heavy atom. The van der Waals surface area contributed by atoms with E-state index in [9.17, 15) is 23.3 Å². The lowest BCUT2D eigenvalue weighted by atomic mass is 9.99. The van der Waals surface area contributed by atoms with Gasteiger partial charge in [-0.1, -0.05) is 48.5 Å². The van der Waals surface area contributed by atoms with Crippen LogP contribution in [0.3, 0.4) is 0 Å². The van der Waals surface area contributed by atoms with Crippen molar-refractivity contribution in [3.8, 4) is 6.07 Å². The molecule has 164 valence electrons. The predicted molar refractivity (Wildman–Crippen MR) is 122 cm³/mol. The molecule has 0 aromatic heterocycles. The van der Waals surface area contributed by atoms with E-state index in [1.807, 2.05) is 30.3 Å². The van der Waals surface area contributed by atoms with Crippen LogP contribution in [-0.4, -0.2) is 26.8 Å². The van der Waals surface area contributed by atoms with Crippen molar-refractivity contribution in [3.63, 3.8) is 0 Å². The zero-order valence-electron chi connectivity index (χ0n) is 17.0. The van der Waals surface area contributed by atoms with E-state index in [0.29, 0.717) is 5.56 Å². The van der Waals surface area contributed by atoms with Crippen molar-refractivity contribution >= 4 is 48.5 Å². The number of ether oxygens (including phenoxy) is 1. The first-order valence-corrected chi connectivity index (χ1v) is 11.9. The number of hydrogen-bond acceptors (Lipinski definition) is 6. The minimum atomic E-state index is -4.14. The number of Topliss-reactive ketones (excluding diaryl/α,β-unsaturated/α-hetero) is 1. The summed E-state index contributed by atoms with van der Waals surface area (Å²) in [4.78, 5) is 24.5.